The van der Waals surface area contributed by atoms with E-state index in [0.717, 1.165) is 11.1 Å². The van der Waals surface area contributed by atoms with E-state index >= 15 is 0 Å². The summed E-state index contributed by atoms with van der Waals surface area (Å²) in [6.45, 7) is 0. The predicted octanol–water partition coefficient (Wildman–Crippen LogP) is 4.37. The van der Waals surface area contributed by atoms with Gasteiger partial charge in [-0.15, -0.1) is 11.3 Å². The highest BCUT2D eigenvalue weighted by Gasteiger charge is 2.09. The van der Waals surface area contributed by atoms with Gasteiger partial charge in [0.25, 0.3) is 5.69 Å². The van der Waals surface area contributed by atoms with Crippen LogP contribution in [0.2, 0.25) is 0 Å². The van der Waals surface area contributed by atoms with Gasteiger partial charge in [-0.1, -0.05) is 30.3 Å². The van der Waals surface area contributed by atoms with Gasteiger partial charge in [0.15, 0.2) is 5.13 Å². The summed E-state index contributed by atoms with van der Waals surface area (Å²) >= 11 is 1.29. The molecule has 1 aromatic heterocycles. The summed E-state index contributed by atoms with van der Waals surface area (Å²) in [4.78, 5) is 26.5. The number of nitro groups is 1. The predicted molar refractivity (Wildman–Crippen MR) is 98.3 cm³/mol. The fraction of sp³-hybridized carbons (Fsp3) is 0. The van der Waals surface area contributed by atoms with E-state index in [0.29, 0.717) is 10.8 Å². The maximum absolute atomic E-state index is 11.9. The maximum Gasteiger partial charge on any atom is 0.269 e. The molecule has 0 saturated heterocycles. The molecule has 3 rings (SSSR count). The van der Waals surface area contributed by atoms with Crippen molar-refractivity contribution in [2.75, 3.05) is 5.32 Å². The summed E-state index contributed by atoms with van der Waals surface area (Å²) in [5.41, 5.74) is 2.37. The van der Waals surface area contributed by atoms with Gasteiger partial charge in [0, 0.05) is 29.2 Å². The topological polar surface area (TPSA) is 85.1 Å². The minimum absolute atomic E-state index is 0.0264. The van der Waals surface area contributed by atoms with Gasteiger partial charge in [-0.05, 0) is 23.8 Å². The molecule has 0 aliphatic heterocycles. The lowest BCUT2D eigenvalue weighted by atomic mass is 10.1. The van der Waals surface area contributed by atoms with E-state index in [1.807, 2.05) is 30.3 Å². The van der Waals surface area contributed by atoms with Crippen molar-refractivity contribution >= 4 is 34.1 Å². The zero-order chi connectivity index (χ0) is 17.6. The van der Waals surface area contributed by atoms with Gasteiger partial charge in [-0.3, -0.25) is 20.2 Å². The number of rotatable bonds is 5. The van der Waals surface area contributed by atoms with Crippen molar-refractivity contribution in [3.05, 3.63) is 81.7 Å². The van der Waals surface area contributed by atoms with Gasteiger partial charge in [0.05, 0.1) is 10.6 Å². The molecular formula is C18H13N3O3S. The highest BCUT2D eigenvalue weighted by atomic mass is 32.1. The molecule has 0 unspecified atom stereocenters. The van der Waals surface area contributed by atoms with Crippen LogP contribution < -0.4 is 5.32 Å². The number of benzene rings is 2. The molecule has 1 heterocycles. The largest absolute Gasteiger partial charge is 0.298 e. The van der Waals surface area contributed by atoms with Crippen LogP contribution in [0.3, 0.4) is 0 Å². The minimum Gasteiger partial charge on any atom is -0.298 e. The number of non-ortho nitro benzene ring substituents is 1. The first kappa shape index (κ1) is 16.5. The molecular weight excluding hydrogens is 338 g/mol. The van der Waals surface area contributed by atoms with E-state index in [-0.39, 0.29) is 11.6 Å². The number of amides is 1. The average Bonchev–Trinajstić information content (AvgIpc) is 3.09. The quantitative estimate of drug-likeness (QED) is 0.420. The fourth-order valence-corrected chi connectivity index (χ4v) is 2.82. The van der Waals surface area contributed by atoms with E-state index in [9.17, 15) is 14.9 Å². The van der Waals surface area contributed by atoms with Crippen molar-refractivity contribution in [3.63, 3.8) is 0 Å². The lowest BCUT2D eigenvalue weighted by molar-refractivity contribution is -0.384. The zero-order valence-corrected chi connectivity index (χ0v) is 13.8. The van der Waals surface area contributed by atoms with Crippen LogP contribution >= 0.6 is 11.3 Å². The molecule has 1 N–H and O–H groups in total. The van der Waals surface area contributed by atoms with Crippen LogP contribution in [0, 0.1) is 10.1 Å². The Balaban J connectivity index is 1.66. The number of nitrogens with zero attached hydrogens (tertiary/aromatic N) is 2. The first-order valence-electron chi connectivity index (χ1n) is 7.36. The number of carbonyl (C=O) groups is 1. The number of nitro benzene ring substituents is 1. The molecule has 0 atom stereocenters. The lowest BCUT2D eigenvalue weighted by Crippen LogP contribution is -2.07. The summed E-state index contributed by atoms with van der Waals surface area (Å²) in [7, 11) is 0. The van der Waals surface area contributed by atoms with Crippen molar-refractivity contribution in [1.29, 1.82) is 0 Å². The Morgan fingerprint density at radius 1 is 1.12 bits per heavy atom. The molecule has 0 aliphatic carbocycles. The number of hydrogen-bond acceptors (Lipinski definition) is 5. The Morgan fingerprint density at radius 3 is 2.52 bits per heavy atom. The Morgan fingerprint density at radius 2 is 1.84 bits per heavy atom. The number of carbonyl (C=O) groups excluding carboxylic acids is 1. The number of hydrogen-bond donors (Lipinski definition) is 1. The van der Waals surface area contributed by atoms with Crippen LogP contribution in [-0.2, 0) is 4.79 Å². The monoisotopic (exact) mass is 351 g/mol. The lowest BCUT2D eigenvalue weighted by Gasteiger charge is -1.97. The van der Waals surface area contributed by atoms with Crippen LogP contribution in [0.15, 0.2) is 66.1 Å². The van der Waals surface area contributed by atoms with E-state index in [1.54, 1.807) is 23.6 Å². The molecule has 3 aromatic rings. The van der Waals surface area contributed by atoms with Gasteiger partial charge in [-0.2, -0.15) is 0 Å². The molecule has 1 amide bonds. The summed E-state index contributed by atoms with van der Waals surface area (Å²) in [5, 5.41) is 15.6. The standard InChI is InChI=1S/C18H13N3O3S/c22-17(11-6-13-4-2-1-3-5-13)20-18-19-16(12-25-18)14-7-9-15(10-8-14)21(23)24/h1-12H,(H,19,20,22). The molecule has 0 aliphatic rings. The highest BCUT2D eigenvalue weighted by molar-refractivity contribution is 7.14. The van der Waals surface area contributed by atoms with Gasteiger partial charge < -0.3 is 0 Å². The third-order valence-electron chi connectivity index (χ3n) is 3.33. The Bertz CT molecular complexity index is 918. The van der Waals surface area contributed by atoms with Crippen molar-refractivity contribution in [2.45, 2.75) is 0 Å². The van der Waals surface area contributed by atoms with Gasteiger partial charge in [0.1, 0.15) is 0 Å². The first-order valence-corrected chi connectivity index (χ1v) is 8.24. The van der Waals surface area contributed by atoms with Crippen LogP contribution in [0.4, 0.5) is 10.8 Å². The Labute approximate surface area is 147 Å². The van der Waals surface area contributed by atoms with Crippen molar-refractivity contribution in [1.82, 2.24) is 4.98 Å². The van der Waals surface area contributed by atoms with E-state index in [4.69, 9.17) is 0 Å². The first-order chi connectivity index (χ1) is 12.1. The number of anilines is 1. The SMILES string of the molecule is O=C(C=Cc1ccccc1)Nc1nc(-c2ccc([N+](=O)[O-])cc2)cs1. The van der Waals surface area contributed by atoms with Crippen LogP contribution in [-0.4, -0.2) is 15.8 Å². The second-order valence-electron chi connectivity index (χ2n) is 5.08. The summed E-state index contributed by atoms with van der Waals surface area (Å²) < 4.78 is 0. The minimum atomic E-state index is -0.449. The molecule has 0 bridgehead atoms. The molecule has 7 heteroatoms. The average molecular weight is 351 g/mol. The fourth-order valence-electron chi connectivity index (χ4n) is 2.10. The molecule has 124 valence electrons. The highest BCUT2D eigenvalue weighted by Crippen LogP contribution is 2.26. The maximum atomic E-state index is 11.9. The number of thiazole rings is 1. The van der Waals surface area contributed by atoms with Crippen LogP contribution in [0.1, 0.15) is 5.56 Å². The van der Waals surface area contributed by atoms with Gasteiger partial charge in [0.2, 0.25) is 5.91 Å². The molecule has 2 aromatic carbocycles. The number of aromatic nitrogens is 1. The molecule has 25 heavy (non-hydrogen) atoms. The van der Waals surface area contributed by atoms with Gasteiger partial charge >= 0.3 is 0 Å². The smallest absolute Gasteiger partial charge is 0.269 e. The molecule has 0 radical (unpaired) electrons. The molecule has 0 saturated carbocycles. The van der Waals surface area contributed by atoms with E-state index < -0.39 is 4.92 Å². The second kappa shape index (κ2) is 7.50. The van der Waals surface area contributed by atoms with Crippen molar-refractivity contribution < 1.29 is 9.72 Å². The summed E-state index contributed by atoms with van der Waals surface area (Å²) in [6.07, 6.45) is 3.17. The molecule has 6 nitrogen and oxygen atoms in total. The zero-order valence-electron chi connectivity index (χ0n) is 13.0. The number of nitrogens with one attached hydrogen (secondary N) is 1. The molecule has 0 spiro atoms. The second-order valence-corrected chi connectivity index (χ2v) is 5.93. The van der Waals surface area contributed by atoms with Crippen molar-refractivity contribution in [3.8, 4) is 11.3 Å². The molecule has 0 fully saturated rings. The van der Waals surface area contributed by atoms with E-state index in [1.165, 1.54) is 29.5 Å². The summed E-state index contributed by atoms with van der Waals surface area (Å²) in [5.74, 6) is -0.270. The Hall–Kier alpha value is -3.32. The third kappa shape index (κ3) is 4.36. The van der Waals surface area contributed by atoms with E-state index in [2.05, 4.69) is 10.3 Å². The van der Waals surface area contributed by atoms with Gasteiger partial charge in [-0.25, -0.2) is 4.98 Å². The summed E-state index contributed by atoms with van der Waals surface area (Å²) in [6, 6.07) is 15.6. The third-order valence-corrected chi connectivity index (χ3v) is 4.09. The van der Waals surface area contributed by atoms with Crippen molar-refractivity contribution in [2.24, 2.45) is 0 Å². The van der Waals surface area contributed by atoms with Crippen LogP contribution in [0.25, 0.3) is 17.3 Å². The normalized spacial score (nSPS) is 10.7. The van der Waals surface area contributed by atoms with Crippen LogP contribution in [0.5, 0.6) is 0 Å². The Kier molecular flexibility index (Phi) is 4.96.